The lowest BCUT2D eigenvalue weighted by Crippen LogP contribution is -2.50. The first-order chi connectivity index (χ1) is 23.5. The molecule has 2 heterocycles. The van der Waals surface area contributed by atoms with Crippen LogP contribution in [-0.2, 0) is 16.0 Å². The quantitative estimate of drug-likeness (QED) is 0.140. The monoisotopic (exact) mass is 640 g/mol. The number of benzene rings is 3. The highest BCUT2D eigenvalue weighted by molar-refractivity contribution is 5.93. The number of hydrazine groups is 2. The Kier molecular flexibility index (Phi) is 9.23. The van der Waals surface area contributed by atoms with Crippen molar-refractivity contribution in [3.05, 3.63) is 108 Å². The highest BCUT2D eigenvalue weighted by Crippen LogP contribution is 2.50. The van der Waals surface area contributed by atoms with Crippen LogP contribution in [0.25, 0.3) is 21.8 Å². The summed E-state index contributed by atoms with van der Waals surface area (Å²) in [5.74, 6) is 0.976. The van der Waals surface area contributed by atoms with Crippen molar-refractivity contribution >= 4 is 45.0 Å². The SMILES string of the molecule is CC1c2ccccc2CC1C(=O)NNc1cccc2ncccc12.O=C(NNc1cccc2ncccc12)C12CCCCC1CCCC2. The van der Waals surface area contributed by atoms with Crippen LogP contribution in [0, 0.1) is 17.3 Å². The van der Waals surface area contributed by atoms with Gasteiger partial charge in [0, 0.05) is 23.2 Å². The molecule has 0 aliphatic heterocycles. The zero-order valence-corrected chi connectivity index (χ0v) is 27.5. The van der Waals surface area contributed by atoms with E-state index in [1.54, 1.807) is 12.4 Å². The van der Waals surface area contributed by atoms with Crippen LogP contribution in [0.15, 0.2) is 97.3 Å². The van der Waals surface area contributed by atoms with E-state index in [-0.39, 0.29) is 29.1 Å². The van der Waals surface area contributed by atoms with Gasteiger partial charge in [0.05, 0.1) is 33.7 Å². The number of anilines is 2. The number of rotatable bonds is 6. The largest absolute Gasteiger partial charge is 0.298 e. The van der Waals surface area contributed by atoms with Crippen LogP contribution in [0.2, 0.25) is 0 Å². The summed E-state index contributed by atoms with van der Waals surface area (Å²) in [7, 11) is 0. The molecule has 8 rings (SSSR count). The Morgan fingerprint density at radius 3 is 1.92 bits per heavy atom. The van der Waals surface area contributed by atoms with Gasteiger partial charge in [-0.15, -0.1) is 0 Å². The number of amides is 2. The Morgan fingerprint density at radius 1 is 0.688 bits per heavy atom. The van der Waals surface area contributed by atoms with Gasteiger partial charge >= 0.3 is 0 Å². The highest BCUT2D eigenvalue weighted by Gasteiger charge is 2.47. The third-order valence-corrected chi connectivity index (χ3v) is 10.9. The lowest BCUT2D eigenvalue weighted by Gasteiger charge is -2.46. The van der Waals surface area contributed by atoms with Crippen LogP contribution >= 0.6 is 0 Å². The smallest absolute Gasteiger partial charge is 0.244 e. The fourth-order valence-corrected chi connectivity index (χ4v) is 8.31. The predicted octanol–water partition coefficient (Wildman–Crippen LogP) is 8.08. The van der Waals surface area contributed by atoms with Crippen molar-refractivity contribution in [3.8, 4) is 0 Å². The Labute approximate surface area is 282 Å². The molecular formula is C40H44N6O2. The fraction of sp³-hybridized carbons (Fsp3) is 0.350. The first-order valence-corrected chi connectivity index (χ1v) is 17.4. The van der Waals surface area contributed by atoms with E-state index in [1.165, 1.54) is 49.7 Å². The average molecular weight is 641 g/mol. The number of hydrogen-bond donors (Lipinski definition) is 4. The number of carbonyl (C=O) groups is 2. The summed E-state index contributed by atoms with van der Waals surface area (Å²) in [4.78, 5) is 34.4. The summed E-state index contributed by atoms with van der Waals surface area (Å²) in [6.45, 7) is 2.12. The molecule has 2 aromatic heterocycles. The molecule has 2 atom stereocenters. The summed E-state index contributed by atoms with van der Waals surface area (Å²) in [5.41, 5.74) is 18.2. The van der Waals surface area contributed by atoms with Gasteiger partial charge in [0.15, 0.2) is 0 Å². The van der Waals surface area contributed by atoms with Crippen molar-refractivity contribution in [2.24, 2.45) is 17.3 Å². The molecule has 3 aromatic carbocycles. The molecule has 246 valence electrons. The lowest BCUT2D eigenvalue weighted by atomic mass is 9.59. The number of hydrogen-bond acceptors (Lipinski definition) is 6. The summed E-state index contributed by atoms with van der Waals surface area (Å²) in [5, 5.41) is 2.02. The summed E-state index contributed by atoms with van der Waals surface area (Å²) in [6.07, 6.45) is 13.8. The molecule has 0 radical (unpaired) electrons. The summed E-state index contributed by atoms with van der Waals surface area (Å²) < 4.78 is 0. The van der Waals surface area contributed by atoms with Crippen LogP contribution < -0.4 is 21.7 Å². The van der Waals surface area contributed by atoms with Crippen LogP contribution in [0.1, 0.15) is 75.3 Å². The maximum atomic E-state index is 13.1. The van der Waals surface area contributed by atoms with Crippen molar-refractivity contribution in [3.63, 3.8) is 0 Å². The first kappa shape index (κ1) is 31.6. The third-order valence-electron chi connectivity index (χ3n) is 10.9. The lowest BCUT2D eigenvalue weighted by molar-refractivity contribution is -0.138. The standard InChI is InChI=1S/C20H19N3O.C20H25N3O/c1-13-15-7-3-2-6-14(15)12-17(13)20(24)23-22-19-10-4-9-18-16(19)8-5-11-21-18;24-19(20-12-3-1-7-15(20)8-2-4-13-20)23-22-18-11-5-10-17-16(18)9-6-14-21-17/h2-11,13,17,22H,12H2,1H3,(H,23,24);5-6,9-11,14-15,22H,1-4,7-8,12-13H2,(H,23,24). The minimum absolute atomic E-state index is 0.0274. The second-order valence-corrected chi connectivity index (χ2v) is 13.6. The van der Waals surface area contributed by atoms with Crippen molar-refractivity contribution in [1.82, 2.24) is 20.8 Å². The molecule has 3 aliphatic rings. The first-order valence-electron chi connectivity index (χ1n) is 17.4. The van der Waals surface area contributed by atoms with E-state index in [4.69, 9.17) is 0 Å². The Hall–Kier alpha value is -4.98. The molecule has 2 amide bonds. The number of pyridine rings is 2. The molecule has 4 N–H and O–H groups in total. The van der Waals surface area contributed by atoms with Gasteiger partial charge < -0.3 is 0 Å². The maximum Gasteiger partial charge on any atom is 0.244 e. The van der Waals surface area contributed by atoms with Crippen molar-refractivity contribution in [2.45, 2.75) is 70.6 Å². The molecule has 5 aromatic rings. The van der Waals surface area contributed by atoms with Crippen molar-refractivity contribution < 1.29 is 9.59 Å². The van der Waals surface area contributed by atoms with Gasteiger partial charge in [-0.3, -0.25) is 41.3 Å². The number of nitrogens with zero attached hydrogens (tertiary/aromatic N) is 2. The van der Waals surface area contributed by atoms with E-state index in [2.05, 4.69) is 50.7 Å². The molecule has 2 fully saturated rings. The number of aromatic nitrogens is 2. The average Bonchev–Trinajstić information content (AvgIpc) is 3.49. The maximum absolute atomic E-state index is 13.1. The van der Waals surface area contributed by atoms with Gasteiger partial charge in [-0.05, 0) is 104 Å². The molecular weight excluding hydrogens is 596 g/mol. The van der Waals surface area contributed by atoms with Crippen molar-refractivity contribution in [2.75, 3.05) is 10.9 Å². The molecule has 0 bridgehead atoms. The summed E-state index contributed by atoms with van der Waals surface area (Å²) in [6, 6.07) is 27.9. The highest BCUT2D eigenvalue weighted by atomic mass is 16.2. The summed E-state index contributed by atoms with van der Waals surface area (Å²) >= 11 is 0. The minimum atomic E-state index is -0.146. The molecule has 2 unspecified atom stereocenters. The van der Waals surface area contributed by atoms with Gasteiger partial charge in [0.2, 0.25) is 11.8 Å². The number of fused-ring (bicyclic) bond motifs is 4. The molecule has 8 nitrogen and oxygen atoms in total. The van der Waals surface area contributed by atoms with Crippen LogP contribution in [0.3, 0.4) is 0 Å². The zero-order chi connectivity index (χ0) is 32.9. The van der Waals surface area contributed by atoms with Crippen LogP contribution in [0.4, 0.5) is 11.4 Å². The van der Waals surface area contributed by atoms with E-state index in [0.29, 0.717) is 5.92 Å². The van der Waals surface area contributed by atoms with Gasteiger partial charge in [0.25, 0.3) is 0 Å². The van der Waals surface area contributed by atoms with E-state index in [9.17, 15) is 9.59 Å². The Balaban J connectivity index is 0.000000152. The normalized spacial score (nSPS) is 22.8. The molecule has 8 heteroatoms. The molecule has 2 saturated carbocycles. The predicted molar refractivity (Wildman–Crippen MR) is 192 cm³/mol. The van der Waals surface area contributed by atoms with Gasteiger partial charge in [-0.25, -0.2) is 0 Å². The topological polar surface area (TPSA) is 108 Å². The number of nitrogens with one attached hydrogen (secondary N) is 4. The second-order valence-electron chi connectivity index (χ2n) is 13.6. The van der Waals surface area contributed by atoms with Crippen LogP contribution in [-0.4, -0.2) is 21.8 Å². The minimum Gasteiger partial charge on any atom is -0.298 e. The Bertz CT molecular complexity index is 1900. The van der Waals surface area contributed by atoms with Crippen molar-refractivity contribution in [1.29, 1.82) is 0 Å². The number of carbonyl (C=O) groups excluding carboxylic acids is 2. The molecule has 0 saturated heterocycles. The Morgan fingerprint density at radius 2 is 1.29 bits per heavy atom. The van der Waals surface area contributed by atoms with E-state index in [1.807, 2.05) is 72.8 Å². The molecule has 48 heavy (non-hydrogen) atoms. The van der Waals surface area contributed by atoms with Gasteiger partial charge in [0.1, 0.15) is 0 Å². The van der Waals surface area contributed by atoms with E-state index in [0.717, 1.165) is 52.4 Å². The van der Waals surface area contributed by atoms with Gasteiger partial charge in [-0.2, -0.15) is 0 Å². The zero-order valence-electron chi connectivity index (χ0n) is 27.5. The van der Waals surface area contributed by atoms with E-state index >= 15 is 0 Å². The third kappa shape index (κ3) is 6.31. The fourth-order valence-electron chi connectivity index (χ4n) is 8.31. The van der Waals surface area contributed by atoms with E-state index < -0.39 is 0 Å². The molecule has 3 aliphatic carbocycles. The second kappa shape index (κ2) is 14.0. The molecule has 0 spiro atoms. The van der Waals surface area contributed by atoms with Crippen LogP contribution in [0.5, 0.6) is 0 Å². The van der Waals surface area contributed by atoms with Gasteiger partial charge in [-0.1, -0.05) is 69.0 Å².